The van der Waals surface area contributed by atoms with Crippen molar-refractivity contribution in [1.29, 1.82) is 0 Å². The fourth-order valence-electron chi connectivity index (χ4n) is 9.11. The third kappa shape index (κ3) is 10.5. The molecule has 2 aromatic carbocycles. The van der Waals surface area contributed by atoms with Gasteiger partial charge >= 0.3 is 0 Å². The number of aliphatic hydroxyl groups is 1. The average molecular weight is 908 g/mol. The molecule has 2 aliphatic heterocycles. The van der Waals surface area contributed by atoms with Crippen molar-refractivity contribution in [2.45, 2.75) is 123 Å². The van der Waals surface area contributed by atoms with Crippen LogP contribution in [0, 0.1) is 12.3 Å². The lowest BCUT2D eigenvalue weighted by Crippen LogP contribution is -2.57. The molecule has 1 aliphatic carbocycles. The van der Waals surface area contributed by atoms with Gasteiger partial charge in [0, 0.05) is 63.1 Å². The van der Waals surface area contributed by atoms with Crippen LogP contribution in [0.1, 0.15) is 106 Å². The largest absolute Gasteiger partial charge is 0.496 e. The van der Waals surface area contributed by atoms with Crippen molar-refractivity contribution in [2.75, 3.05) is 37.0 Å². The molecule has 0 unspecified atom stereocenters. The van der Waals surface area contributed by atoms with E-state index in [1.165, 1.54) is 12.0 Å². The van der Waals surface area contributed by atoms with Crippen LogP contribution in [0.2, 0.25) is 0 Å². The number of β-amino-alcohol motifs (C(OH)–C–C–N with tert-alkyl or cyclic N) is 1. The summed E-state index contributed by atoms with van der Waals surface area (Å²) >= 11 is 1.57. The normalized spacial score (nSPS) is 19.2. The monoisotopic (exact) mass is 907 g/mol. The third-order valence-electron chi connectivity index (χ3n) is 12.7. The van der Waals surface area contributed by atoms with Crippen molar-refractivity contribution in [1.82, 2.24) is 35.8 Å². The Balaban J connectivity index is 0.937. The lowest BCUT2D eigenvalue weighted by molar-refractivity contribution is -0.144. The molecule has 2 aromatic heterocycles. The highest BCUT2D eigenvalue weighted by Crippen LogP contribution is 2.40. The molecular formula is C48H61N9O7S. The average Bonchev–Trinajstić information content (AvgIpc) is 4.07. The standard InChI is InChI=1S/C48H61N9O7S/c1-8-35-46(62)55(6)37-25-50-39(53-43(37)57(35)33-11-9-10-12-33)22-31-17-18-32(21-38(31)64-7)44(60)49-20-19-40(59)54-42(48(3,4)5)47(63)56-26-34(58)23-36(56)45(61)51-24-29-13-15-30(16-14-29)41-28(2)52-27-65-41/h13-18,21,25,27,33-36,42,58H,8-12,19-20,22-24,26H2,1-7H3,(H,49,60)(H,51,61)(H,54,59)/t34-,35-,36+,42-/m1/s1. The number of aryl methyl sites for hydroxylation is 1. The molecule has 4 N–H and O–H groups in total. The van der Waals surface area contributed by atoms with Gasteiger partial charge in [0.15, 0.2) is 5.82 Å². The second kappa shape index (κ2) is 20.1. The predicted molar refractivity (Wildman–Crippen MR) is 249 cm³/mol. The topological polar surface area (TPSA) is 199 Å². The van der Waals surface area contributed by atoms with E-state index in [4.69, 9.17) is 9.72 Å². The fourth-order valence-corrected chi connectivity index (χ4v) is 9.92. The lowest BCUT2D eigenvalue weighted by atomic mass is 9.85. The zero-order chi connectivity index (χ0) is 46.6. The summed E-state index contributed by atoms with van der Waals surface area (Å²) in [6.07, 6.45) is 6.08. The number of amides is 5. The molecule has 346 valence electrons. The minimum absolute atomic E-state index is 0.00574. The van der Waals surface area contributed by atoms with E-state index < -0.39 is 47.2 Å². The maximum atomic E-state index is 14.1. The van der Waals surface area contributed by atoms with E-state index in [9.17, 15) is 29.1 Å². The number of carbonyl (C=O) groups is 5. The quantitative estimate of drug-likeness (QED) is 0.126. The Kier molecular flexibility index (Phi) is 14.5. The van der Waals surface area contributed by atoms with E-state index in [0.717, 1.165) is 58.8 Å². The number of methoxy groups -OCH3 is 1. The number of hydrogen-bond acceptors (Lipinski definition) is 12. The molecule has 1 saturated heterocycles. The molecule has 4 atom stereocenters. The Bertz CT molecular complexity index is 2390. The van der Waals surface area contributed by atoms with Gasteiger partial charge in [-0.2, -0.15) is 0 Å². The number of rotatable bonds is 15. The van der Waals surface area contributed by atoms with Crippen LogP contribution in [0.5, 0.6) is 5.75 Å². The summed E-state index contributed by atoms with van der Waals surface area (Å²) in [5.41, 5.74) is 5.74. The number of likely N-dealkylation sites (tertiary alicyclic amines) is 1. The maximum Gasteiger partial charge on any atom is 0.251 e. The minimum Gasteiger partial charge on any atom is -0.496 e. The molecule has 17 heteroatoms. The highest BCUT2D eigenvalue weighted by molar-refractivity contribution is 7.13. The number of fused-ring (bicyclic) bond motifs is 1. The summed E-state index contributed by atoms with van der Waals surface area (Å²) in [4.78, 5) is 87.9. The Hall–Kier alpha value is -5.94. The van der Waals surface area contributed by atoms with E-state index >= 15 is 0 Å². The fraction of sp³-hybridized carbons (Fsp3) is 0.500. The Labute approximate surface area is 384 Å². The van der Waals surface area contributed by atoms with Gasteiger partial charge in [-0.25, -0.2) is 15.0 Å². The molecule has 0 spiro atoms. The van der Waals surface area contributed by atoms with Gasteiger partial charge in [0.1, 0.15) is 35.4 Å². The molecule has 16 nitrogen and oxygen atoms in total. The van der Waals surface area contributed by atoms with E-state index in [1.807, 2.05) is 64.4 Å². The van der Waals surface area contributed by atoms with Crippen LogP contribution in [0.15, 0.2) is 54.2 Å². The number of thiazole rings is 1. The van der Waals surface area contributed by atoms with Crippen LogP contribution in [0.3, 0.4) is 0 Å². The van der Waals surface area contributed by atoms with Crippen LogP contribution in [0.25, 0.3) is 10.4 Å². The zero-order valence-electron chi connectivity index (χ0n) is 38.3. The first kappa shape index (κ1) is 47.0. The molecule has 4 heterocycles. The molecule has 3 aliphatic rings. The van der Waals surface area contributed by atoms with Crippen molar-refractivity contribution in [2.24, 2.45) is 5.41 Å². The number of ether oxygens (including phenoxy) is 1. The van der Waals surface area contributed by atoms with Crippen LogP contribution in [-0.2, 0) is 32.1 Å². The van der Waals surface area contributed by atoms with E-state index in [2.05, 4.69) is 30.8 Å². The number of carbonyl (C=O) groups excluding carboxylic acids is 5. The first-order valence-corrected chi connectivity index (χ1v) is 23.4. The molecule has 65 heavy (non-hydrogen) atoms. The Morgan fingerprint density at radius 1 is 1.03 bits per heavy atom. The summed E-state index contributed by atoms with van der Waals surface area (Å²) in [5.74, 6) is 0.140. The highest BCUT2D eigenvalue weighted by atomic mass is 32.1. The first-order valence-electron chi connectivity index (χ1n) is 22.5. The Morgan fingerprint density at radius 2 is 1.77 bits per heavy atom. The van der Waals surface area contributed by atoms with E-state index in [1.54, 1.807) is 47.7 Å². The number of likely N-dealkylation sites (N-methyl/N-ethyl adjacent to an activating group) is 1. The number of nitrogens with zero attached hydrogens (tertiary/aromatic N) is 6. The molecule has 1 saturated carbocycles. The Morgan fingerprint density at radius 3 is 2.43 bits per heavy atom. The van der Waals surface area contributed by atoms with E-state index in [-0.39, 0.29) is 50.5 Å². The van der Waals surface area contributed by atoms with Gasteiger partial charge < -0.3 is 40.5 Å². The van der Waals surface area contributed by atoms with Crippen LogP contribution >= 0.6 is 11.3 Å². The summed E-state index contributed by atoms with van der Waals surface area (Å²) in [5, 5.41) is 19.2. The zero-order valence-corrected chi connectivity index (χ0v) is 39.2. The number of aromatic nitrogens is 3. The SMILES string of the molecule is CC[C@@H]1C(=O)N(C)c2cnc(Cc3ccc(C(=O)NCCC(=O)N[C@H](C(=O)N4C[C@H](O)C[C@H]4C(=O)NCc4ccc(-c5scnc5C)cc4)C(C)(C)C)cc3OC)nc2N1C1CCCC1. The number of benzene rings is 2. The molecule has 0 bridgehead atoms. The molecule has 2 fully saturated rings. The van der Waals surface area contributed by atoms with Gasteiger partial charge in [-0.15, -0.1) is 11.3 Å². The maximum absolute atomic E-state index is 14.1. The van der Waals surface area contributed by atoms with Gasteiger partial charge in [-0.1, -0.05) is 70.9 Å². The molecule has 4 aromatic rings. The van der Waals surface area contributed by atoms with Crippen molar-refractivity contribution >= 4 is 52.4 Å². The number of nitrogens with one attached hydrogen (secondary N) is 3. The number of hydrogen-bond donors (Lipinski definition) is 4. The lowest BCUT2D eigenvalue weighted by Gasteiger charge is -2.43. The summed E-state index contributed by atoms with van der Waals surface area (Å²) in [6.45, 7) is 9.64. The molecular weight excluding hydrogens is 847 g/mol. The van der Waals surface area contributed by atoms with Gasteiger partial charge in [0.25, 0.3) is 5.91 Å². The molecule has 5 amide bonds. The highest BCUT2D eigenvalue weighted by Gasteiger charge is 2.45. The second-order valence-electron chi connectivity index (χ2n) is 18.3. The number of aliphatic hydroxyl groups excluding tert-OH is 1. The first-order chi connectivity index (χ1) is 31.1. The van der Waals surface area contributed by atoms with E-state index in [0.29, 0.717) is 35.7 Å². The molecule has 7 rings (SSSR count). The van der Waals surface area contributed by atoms with Gasteiger partial charge in [-0.05, 0) is 54.9 Å². The van der Waals surface area contributed by atoms with Crippen LogP contribution in [0.4, 0.5) is 11.5 Å². The van der Waals surface area contributed by atoms with Crippen molar-refractivity contribution < 1.29 is 33.8 Å². The van der Waals surface area contributed by atoms with Crippen molar-refractivity contribution in [3.05, 3.63) is 82.4 Å². The summed E-state index contributed by atoms with van der Waals surface area (Å²) < 4.78 is 5.71. The van der Waals surface area contributed by atoms with Gasteiger partial charge in [-0.3, -0.25) is 24.0 Å². The predicted octanol–water partition coefficient (Wildman–Crippen LogP) is 4.94. The van der Waals surface area contributed by atoms with Crippen molar-refractivity contribution in [3.8, 4) is 16.2 Å². The van der Waals surface area contributed by atoms with Gasteiger partial charge in [0.05, 0.1) is 35.5 Å². The molecule has 0 radical (unpaired) electrons. The van der Waals surface area contributed by atoms with Crippen LogP contribution < -0.4 is 30.5 Å². The minimum atomic E-state index is -1.01. The van der Waals surface area contributed by atoms with Gasteiger partial charge in [0.2, 0.25) is 23.6 Å². The third-order valence-corrected chi connectivity index (χ3v) is 13.7. The van der Waals surface area contributed by atoms with Crippen molar-refractivity contribution in [3.63, 3.8) is 0 Å². The van der Waals surface area contributed by atoms with Crippen LogP contribution in [-0.4, -0.2) is 112 Å². The second-order valence-corrected chi connectivity index (χ2v) is 19.2. The summed E-state index contributed by atoms with van der Waals surface area (Å²) in [6, 6.07) is 11.0. The smallest absolute Gasteiger partial charge is 0.251 e. The number of anilines is 2. The summed E-state index contributed by atoms with van der Waals surface area (Å²) in [7, 11) is 3.30.